The summed E-state index contributed by atoms with van der Waals surface area (Å²) in [5, 5.41) is 3.15. The molecule has 5 nitrogen and oxygen atoms in total. The lowest BCUT2D eigenvalue weighted by atomic mass is 10.1. The number of likely N-dealkylation sites (tertiary alicyclic amines) is 1. The minimum absolute atomic E-state index is 0.0166. The van der Waals surface area contributed by atoms with Crippen molar-refractivity contribution in [1.82, 2.24) is 14.5 Å². The molecule has 0 radical (unpaired) electrons. The normalized spacial score (nSPS) is 14.3. The van der Waals surface area contributed by atoms with E-state index in [2.05, 4.69) is 4.98 Å². The summed E-state index contributed by atoms with van der Waals surface area (Å²) in [6.07, 6.45) is 2.06. The van der Waals surface area contributed by atoms with Gasteiger partial charge >= 0.3 is 0 Å². The lowest BCUT2D eigenvalue weighted by Gasteiger charge is -2.17. The Morgan fingerprint density at radius 1 is 1.23 bits per heavy atom. The van der Waals surface area contributed by atoms with E-state index in [1.54, 1.807) is 19.1 Å². The van der Waals surface area contributed by atoms with Crippen molar-refractivity contribution in [3.8, 4) is 11.1 Å². The minimum Gasteiger partial charge on any atom is -0.341 e. The van der Waals surface area contributed by atoms with Gasteiger partial charge in [-0.25, -0.2) is 4.98 Å². The van der Waals surface area contributed by atoms with E-state index >= 15 is 0 Å². The van der Waals surface area contributed by atoms with E-state index in [-0.39, 0.29) is 18.0 Å². The fourth-order valence-electron chi connectivity index (χ4n) is 3.36. The number of nitrogens with zero attached hydrogens (tertiary/aromatic N) is 3. The van der Waals surface area contributed by atoms with Crippen LogP contribution >= 0.6 is 22.9 Å². The molecule has 1 aromatic carbocycles. The maximum atomic E-state index is 13.2. The van der Waals surface area contributed by atoms with Crippen molar-refractivity contribution in [2.45, 2.75) is 26.3 Å². The fourth-order valence-corrected chi connectivity index (χ4v) is 4.47. The zero-order valence-corrected chi connectivity index (χ0v) is 15.9. The number of thiophene rings is 1. The van der Waals surface area contributed by atoms with E-state index in [9.17, 15) is 9.59 Å². The Morgan fingerprint density at radius 2 is 1.92 bits per heavy atom. The van der Waals surface area contributed by atoms with Crippen LogP contribution in [0.1, 0.15) is 18.7 Å². The van der Waals surface area contributed by atoms with Crippen LogP contribution in [-0.2, 0) is 11.3 Å². The second-order valence-electron chi connectivity index (χ2n) is 6.47. The van der Waals surface area contributed by atoms with Crippen molar-refractivity contribution in [3.63, 3.8) is 0 Å². The van der Waals surface area contributed by atoms with E-state index in [1.807, 2.05) is 22.4 Å². The molecule has 1 saturated heterocycles. The summed E-state index contributed by atoms with van der Waals surface area (Å²) in [6.45, 7) is 3.37. The van der Waals surface area contributed by atoms with Gasteiger partial charge in [0, 0.05) is 29.1 Å². The van der Waals surface area contributed by atoms with Crippen LogP contribution in [0, 0.1) is 6.92 Å². The summed E-state index contributed by atoms with van der Waals surface area (Å²) < 4.78 is 1.50. The van der Waals surface area contributed by atoms with Gasteiger partial charge in [0.25, 0.3) is 5.56 Å². The zero-order valence-electron chi connectivity index (χ0n) is 14.4. The maximum Gasteiger partial charge on any atom is 0.263 e. The van der Waals surface area contributed by atoms with E-state index < -0.39 is 0 Å². The quantitative estimate of drug-likeness (QED) is 0.688. The Labute approximate surface area is 159 Å². The molecule has 0 saturated carbocycles. The first kappa shape index (κ1) is 17.2. The molecule has 0 aliphatic carbocycles. The Kier molecular flexibility index (Phi) is 4.54. The number of carbonyl (C=O) groups excluding carboxylic acids is 1. The van der Waals surface area contributed by atoms with Crippen LogP contribution in [0.25, 0.3) is 21.3 Å². The van der Waals surface area contributed by atoms with Crippen LogP contribution in [0.5, 0.6) is 0 Å². The fraction of sp³-hybridized carbons (Fsp3) is 0.316. The van der Waals surface area contributed by atoms with Crippen molar-refractivity contribution in [3.05, 3.63) is 50.8 Å². The van der Waals surface area contributed by atoms with Crippen molar-refractivity contribution in [2.75, 3.05) is 13.1 Å². The number of aromatic nitrogens is 2. The van der Waals surface area contributed by atoms with Gasteiger partial charge in [-0.15, -0.1) is 11.3 Å². The summed E-state index contributed by atoms with van der Waals surface area (Å²) in [4.78, 5) is 32.8. The zero-order chi connectivity index (χ0) is 18.3. The first-order valence-corrected chi connectivity index (χ1v) is 9.82. The van der Waals surface area contributed by atoms with E-state index in [0.717, 1.165) is 37.1 Å². The Bertz CT molecular complexity index is 1030. The van der Waals surface area contributed by atoms with Gasteiger partial charge in [0.2, 0.25) is 5.91 Å². The van der Waals surface area contributed by atoms with Crippen LogP contribution < -0.4 is 5.56 Å². The van der Waals surface area contributed by atoms with Gasteiger partial charge in [-0.05, 0) is 37.5 Å². The number of hydrogen-bond donors (Lipinski definition) is 0. The van der Waals surface area contributed by atoms with E-state index in [4.69, 9.17) is 11.6 Å². The van der Waals surface area contributed by atoms with Gasteiger partial charge in [-0.2, -0.15) is 0 Å². The van der Waals surface area contributed by atoms with Crippen molar-refractivity contribution in [1.29, 1.82) is 0 Å². The Hall–Kier alpha value is -2.18. The highest BCUT2D eigenvalue weighted by Crippen LogP contribution is 2.31. The third kappa shape index (κ3) is 3.04. The Balaban J connectivity index is 1.79. The van der Waals surface area contributed by atoms with Crippen molar-refractivity contribution in [2.24, 2.45) is 0 Å². The standard InChI is InChI=1S/C19H18ClN3O2S/c1-12-21-18-17(15(11-26-18)13-4-6-14(20)7-5-13)19(25)23(12)10-16(24)22-8-2-3-9-22/h4-7,11H,2-3,8-10H2,1H3. The number of hydrogen-bond acceptors (Lipinski definition) is 4. The predicted octanol–water partition coefficient (Wildman–Crippen LogP) is 3.71. The van der Waals surface area contributed by atoms with Crippen LogP contribution in [0.15, 0.2) is 34.4 Å². The van der Waals surface area contributed by atoms with Gasteiger partial charge in [-0.1, -0.05) is 23.7 Å². The van der Waals surface area contributed by atoms with Gasteiger partial charge in [-0.3, -0.25) is 14.2 Å². The van der Waals surface area contributed by atoms with Gasteiger partial charge in [0.1, 0.15) is 17.2 Å². The SMILES string of the molecule is Cc1nc2scc(-c3ccc(Cl)cc3)c2c(=O)n1CC(=O)N1CCCC1. The molecule has 134 valence electrons. The molecule has 7 heteroatoms. The molecule has 1 aliphatic heterocycles. The molecule has 26 heavy (non-hydrogen) atoms. The van der Waals surface area contributed by atoms with Crippen molar-refractivity contribution < 1.29 is 4.79 Å². The number of amides is 1. The molecular weight excluding hydrogens is 370 g/mol. The molecule has 0 bridgehead atoms. The molecule has 1 aliphatic rings. The molecule has 3 aromatic rings. The van der Waals surface area contributed by atoms with Gasteiger partial charge in [0.15, 0.2) is 0 Å². The number of rotatable bonds is 3. The number of benzene rings is 1. The third-order valence-electron chi connectivity index (χ3n) is 4.79. The van der Waals surface area contributed by atoms with Gasteiger partial charge < -0.3 is 4.90 Å². The van der Waals surface area contributed by atoms with E-state index in [1.165, 1.54) is 15.9 Å². The van der Waals surface area contributed by atoms with Crippen molar-refractivity contribution >= 4 is 39.1 Å². The van der Waals surface area contributed by atoms with Gasteiger partial charge in [0.05, 0.1) is 5.39 Å². The molecular formula is C19H18ClN3O2S. The molecule has 1 fully saturated rings. The predicted molar refractivity (Wildman–Crippen MR) is 105 cm³/mol. The summed E-state index contributed by atoms with van der Waals surface area (Å²) in [5.74, 6) is 0.552. The molecule has 4 rings (SSSR count). The summed E-state index contributed by atoms with van der Waals surface area (Å²) in [6, 6.07) is 7.39. The monoisotopic (exact) mass is 387 g/mol. The summed E-state index contributed by atoms with van der Waals surface area (Å²) in [7, 11) is 0. The second-order valence-corrected chi connectivity index (χ2v) is 7.77. The number of aryl methyl sites for hydroxylation is 1. The van der Waals surface area contributed by atoms with E-state index in [0.29, 0.717) is 21.1 Å². The molecule has 3 heterocycles. The molecule has 2 aromatic heterocycles. The van der Waals surface area contributed by atoms with Crippen LogP contribution in [0.4, 0.5) is 0 Å². The lowest BCUT2D eigenvalue weighted by Crippen LogP contribution is -2.35. The number of halogens is 1. The first-order chi connectivity index (χ1) is 12.5. The van der Waals surface area contributed by atoms with Crippen LogP contribution in [0.3, 0.4) is 0 Å². The molecule has 0 spiro atoms. The molecule has 0 N–H and O–H groups in total. The average Bonchev–Trinajstić information content (AvgIpc) is 3.29. The largest absolute Gasteiger partial charge is 0.341 e. The smallest absolute Gasteiger partial charge is 0.263 e. The lowest BCUT2D eigenvalue weighted by molar-refractivity contribution is -0.130. The molecule has 0 unspecified atom stereocenters. The highest BCUT2D eigenvalue weighted by Gasteiger charge is 2.21. The van der Waals surface area contributed by atoms with Crippen LogP contribution in [0.2, 0.25) is 5.02 Å². The topological polar surface area (TPSA) is 55.2 Å². The highest BCUT2D eigenvalue weighted by molar-refractivity contribution is 7.17. The second kappa shape index (κ2) is 6.85. The average molecular weight is 388 g/mol. The maximum absolute atomic E-state index is 13.2. The molecule has 1 amide bonds. The first-order valence-electron chi connectivity index (χ1n) is 8.57. The minimum atomic E-state index is -0.161. The van der Waals surface area contributed by atoms with Crippen LogP contribution in [-0.4, -0.2) is 33.4 Å². The highest BCUT2D eigenvalue weighted by atomic mass is 35.5. The number of carbonyl (C=O) groups is 1. The number of fused-ring (bicyclic) bond motifs is 1. The third-order valence-corrected chi connectivity index (χ3v) is 5.92. The molecule has 0 atom stereocenters. The Morgan fingerprint density at radius 3 is 2.62 bits per heavy atom. The summed E-state index contributed by atoms with van der Waals surface area (Å²) in [5.41, 5.74) is 1.59. The summed E-state index contributed by atoms with van der Waals surface area (Å²) >= 11 is 7.41.